The van der Waals surface area contributed by atoms with Crippen LogP contribution in [0.15, 0.2) is 24.8 Å². The normalized spacial score (nSPS) is 15.9. The number of fused-ring (bicyclic) bond motifs is 1. The molecule has 4 heterocycles. The number of hydrogen-bond donors (Lipinski definition) is 0. The van der Waals surface area contributed by atoms with Crippen LogP contribution < -0.4 is 4.90 Å². The highest BCUT2D eigenvalue weighted by molar-refractivity contribution is 5.47. The van der Waals surface area contributed by atoms with Crippen LogP contribution in [0.5, 0.6) is 0 Å². The van der Waals surface area contributed by atoms with E-state index in [4.69, 9.17) is 4.74 Å². The fourth-order valence-electron chi connectivity index (χ4n) is 3.27. The van der Waals surface area contributed by atoms with E-state index in [1.807, 2.05) is 6.07 Å². The maximum atomic E-state index is 13.0. The first-order valence-corrected chi connectivity index (χ1v) is 8.61. The third-order valence-electron chi connectivity index (χ3n) is 4.60. The van der Waals surface area contributed by atoms with Crippen LogP contribution in [0.2, 0.25) is 0 Å². The molecular weight excluding hydrogens is 358 g/mol. The topological polar surface area (TPSA) is 76.6 Å². The van der Waals surface area contributed by atoms with Crippen molar-refractivity contribution in [3.05, 3.63) is 36.3 Å². The molecule has 1 fully saturated rings. The maximum absolute atomic E-state index is 13.0. The molecule has 1 aliphatic heterocycles. The molecule has 0 unspecified atom stereocenters. The van der Waals surface area contributed by atoms with E-state index in [0.29, 0.717) is 24.8 Å². The fourth-order valence-corrected chi connectivity index (χ4v) is 3.27. The first-order valence-electron chi connectivity index (χ1n) is 8.61. The summed E-state index contributed by atoms with van der Waals surface area (Å²) in [5.74, 6) is 1.81. The minimum Gasteiger partial charge on any atom is -0.378 e. The van der Waals surface area contributed by atoms with E-state index in [2.05, 4.69) is 29.9 Å². The average molecular weight is 378 g/mol. The summed E-state index contributed by atoms with van der Waals surface area (Å²) in [6.07, 6.45) is 4.20. The molecule has 0 saturated carbocycles. The number of hydrogen-bond acceptors (Lipinski definition) is 7. The molecule has 144 valence electrons. The van der Waals surface area contributed by atoms with Crippen LogP contribution in [0.4, 0.5) is 14.6 Å². The number of alkyl halides is 2. The number of ether oxygens (including phenoxy) is 1. The summed E-state index contributed by atoms with van der Waals surface area (Å²) in [5.41, 5.74) is 0.786. The highest BCUT2D eigenvalue weighted by Gasteiger charge is 2.22. The van der Waals surface area contributed by atoms with Crippen molar-refractivity contribution in [2.75, 3.05) is 38.2 Å². The SMILES string of the molecule is COCc1cc(N2CCN(Cc3nccn3C(F)F)CC2)n2ncnc2n1. The van der Waals surface area contributed by atoms with Crippen molar-refractivity contribution in [3.8, 4) is 0 Å². The molecule has 0 aromatic carbocycles. The Morgan fingerprint density at radius 3 is 2.74 bits per heavy atom. The summed E-state index contributed by atoms with van der Waals surface area (Å²) in [5, 5.41) is 4.26. The third kappa shape index (κ3) is 3.60. The molecule has 0 aliphatic carbocycles. The Morgan fingerprint density at radius 2 is 2.00 bits per heavy atom. The van der Waals surface area contributed by atoms with Crippen LogP contribution in [0.1, 0.15) is 18.1 Å². The second-order valence-electron chi connectivity index (χ2n) is 6.30. The molecule has 27 heavy (non-hydrogen) atoms. The molecule has 0 bridgehead atoms. The average Bonchev–Trinajstić information content (AvgIpc) is 3.31. The molecule has 0 N–H and O–H groups in total. The molecule has 0 spiro atoms. The van der Waals surface area contributed by atoms with Crippen LogP contribution in [0.3, 0.4) is 0 Å². The van der Waals surface area contributed by atoms with Crippen molar-refractivity contribution in [2.24, 2.45) is 0 Å². The lowest BCUT2D eigenvalue weighted by Gasteiger charge is -2.35. The summed E-state index contributed by atoms with van der Waals surface area (Å²) in [4.78, 5) is 17.0. The standard InChI is InChI=1S/C16H20F2N8O/c1-27-10-12-8-14(26-16(22-12)20-11-21-26)24-6-4-23(5-7-24)9-13-19-2-3-25(13)15(17)18/h2-3,8,11,15H,4-7,9-10H2,1H3. The highest BCUT2D eigenvalue weighted by Crippen LogP contribution is 2.20. The van der Waals surface area contributed by atoms with E-state index in [1.54, 1.807) is 11.6 Å². The number of methoxy groups -OCH3 is 1. The molecule has 1 saturated heterocycles. The van der Waals surface area contributed by atoms with Crippen LogP contribution in [-0.2, 0) is 17.9 Å². The summed E-state index contributed by atoms with van der Waals surface area (Å²) in [6, 6.07) is 1.95. The lowest BCUT2D eigenvalue weighted by atomic mass is 10.3. The zero-order valence-electron chi connectivity index (χ0n) is 14.9. The Morgan fingerprint density at radius 1 is 1.19 bits per heavy atom. The van der Waals surface area contributed by atoms with Gasteiger partial charge in [-0.3, -0.25) is 9.47 Å². The molecule has 0 amide bonds. The van der Waals surface area contributed by atoms with Gasteiger partial charge in [-0.1, -0.05) is 0 Å². The van der Waals surface area contributed by atoms with Crippen molar-refractivity contribution in [2.45, 2.75) is 19.7 Å². The van der Waals surface area contributed by atoms with E-state index in [9.17, 15) is 8.78 Å². The van der Waals surface area contributed by atoms with Gasteiger partial charge in [0, 0.05) is 51.7 Å². The molecule has 0 radical (unpaired) electrons. The summed E-state index contributed by atoms with van der Waals surface area (Å²) < 4.78 is 33.8. The van der Waals surface area contributed by atoms with E-state index in [-0.39, 0.29) is 0 Å². The Kier molecular flexibility index (Phi) is 4.94. The van der Waals surface area contributed by atoms with Gasteiger partial charge in [0.2, 0.25) is 0 Å². The molecule has 1 aliphatic rings. The molecule has 0 atom stereocenters. The second kappa shape index (κ2) is 7.53. The highest BCUT2D eigenvalue weighted by atomic mass is 19.3. The van der Waals surface area contributed by atoms with Gasteiger partial charge >= 0.3 is 6.55 Å². The first-order chi connectivity index (χ1) is 13.2. The predicted molar refractivity (Wildman–Crippen MR) is 92.5 cm³/mol. The summed E-state index contributed by atoms with van der Waals surface area (Å²) in [6.45, 7) is 1.16. The minimum absolute atomic E-state index is 0.378. The summed E-state index contributed by atoms with van der Waals surface area (Å²) in [7, 11) is 1.62. The number of anilines is 1. The molecule has 11 heteroatoms. The van der Waals surface area contributed by atoms with E-state index in [0.717, 1.165) is 42.3 Å². The minimum atomic E-state index is -2.57. The van der Waals surface area contributed by atoms with Crippen LogP contribution in [-0.4, -0.2) is 67.3 Å². The number of nitrogens with zero attached hydrogens (tertiary/aromatic N) is 8. The molecule has 4 rings (SSSR count). The number of aromatic nitrogens is 6. The van der Waals surface area contributed by atoms with Crippen molar-refractivity contribution in [1.82, 2.24) is 34.0 Å². The molecule has 9 nitrogen and oxygen atoms in total. The van der Waals surface area contributed by atoms with E-state index >= 15 is 0 Å². The Labute approximate surface area is 154 Å². The third-order valence-corrected chi connectivity index (χ3v) is 4.60. The molecular formula is C16H20F2N8O. The van der Waals surface area contributed by atoms with Gasteiger partial charge in [0.05, 0.1) is 18.8 Å². The van der Waals surface area contributed by atoms with Gasteiger partial charge in [0.1, 0.15) is 18.0 Å². The first kappa shape index (κ1) is 17.7. The van der Waals surface area contributed by atoms with E-state index in [1.165, 1.54) is 18.7 Å². The van der Waals surface area contributed by atoms with Gasteiger partial charge in [0.25, 0.3) is 5.78 Å². The number of imidazole rings is 1. The van der Waals surface area contributed by atoms with Crippen molar-refractivity contribution < 1.29 is 13.5 Å². The van der Waals surface area contributed by atoms with Gasteiger partial charge in [-0.15, -0.1) is 0 Å². The van der Waals surface area contributed by atoms with Crippen LogP contribution in [0, 0.1) is 0 Å². The monoisotopic (exact) mass is 378 g/mol. The van der Waals surface area contributed by atoms with Crippen LogP contribution >= 0.6 is 0 Å². The van der Waals surface area contributed by atoms with E-state index < -0.39 is 6.55 Å². The van der Waals surface area contributed by atoms with Gasteiger partial charge in [-0.05, 0) is 0 Å². The number of halogens is 2. The van der Waals surface area contributed by atoms with Gasteiger partial charge in [0.15, 0.2) is 0 Å². The lowest BCUT2D eigenvalue weighted by Crippen LogP contribution is -2.47. The number of rotatable bonds is 6. The Hall–Kier alpha value is -2.66. The summed E-state index contributed by atoms with van der Waals surface area (Å²) >= 11 is 0. The lowest BCUT2D eigenvalue weighted by molar-refractivity contribution is 0.0636. The molecule has 3 aromatic heterocycles. The Balaban J connectivity index is 1.47. The maximum Gasteiger partial charge on any atom is 0.319 e. The zero-order chi connectivity index (χ0) is 18.8. The van der Waals surface area contributed by atoms with Crippen molar-refractivity contribution >= 4 is 11.6 Å². The smallest absolute Gasteiger partial charge is 0.319 e. The van der Waals surface area contributed by atoms with Crippen LogP contribution in [0.25, 0.3) is 5.78 Å². The second-order valence-corrected chi connectivity index (χ2v) is 6.30. The van der Waals surface area contributed by atoms with Gasteiger partial charge < -0.3 is 9.64 Å². The zero-order valence-corrected chi connectivity index (χ0v) is 14.9. The number of piperazine rings is 1. The quantitative estimate of drug-likeness (QED) is 0.638. The van der Waals surface area contributed by atoms with Gasteiger partial charge in [-0.25, -0.2) is 9.97 Å². The van der Waals surface area contributed by atoms with Gasteiger partial charge in [-0.2, -0.15) is 23.4 Å². The fraction of sp³-hybridized carbons (Fsp3) is 0.500. The largest absolute Gasteiger partial charge is 0.378 e. The predicted octanol–water partition coefficient (Wildman–Crippen LogP) is 1.18. The van der Waals surface area contributed by atoms with Crippen molar-refractivity contribution in [1.29, 1.82) is 0 Å². The Bertz CT molecular complexity index is 903. The molecule has 3 aromatic rings. The van der Waals surface area contributed by atoms with Crippen molar-refractivity contribution in [3.63, 3.8) is 0 Å².